The average molecular weight is 557 g/mol. The van der Waals surface area contributed by atoms with Crippen LogP contribution in [-0.4, -0.2) is 56.0 Å². The third kappa shape index (κ3) is 4.48. The lowest BCUT2D eigenvalue weighted by Crippen LogP contribution is -2.61. The minimum atomic E-state index is -1.69. The first kappa shape index (κ1) is 27.7. The molecule has 3 fully saturated rings. The van der Waals surface area contributed by atoms with Crippen molar-refractivity contribution in [1.82, 2.24) is 9.97 Å². The number of fused-ring (bicyclic) bond motifs is 5. The van der Waals surface area contributed by atoms with Gasteiger partial charge in [0.2, 0.25) is 5.78 Å². The van der Waals surface area contributed by atoms with E-state index < -0.39 is 40.9 Å². The largest absolute Gasteiger partial charge is 0.457 e. The molecule has 2 aromatic rings. The quantitative estimate of drug-likeness (QED) is 0.515. The highest BCUT2D eigenvalue weighted by Crippen LogP contribution is 2.67. The third-order valence-electron chi connectivity index (χ3n) is 10.6. The molecule has 6 rings (SSSR count). The highest BCUT2D eigenvalue weighted by molar-refractivity contribution is 6.01. The molecule has 1 heterocycles. The first-order chi connectivity index (χ1) is 19.5. The van der Waals surface area contributed by atoms with Crippen molar-refractivity contribution in [3.05, 3.63) is 72.1 Å². The van der Waals surface area contributed by atoms with Crippen molar-refractivity contribution >= 4 is 17.5 Å². The van der Waals surface area contributed by atoms with Crippen molar-refractivity contribution in [1.29, 1.82) is 0 Å². The summed E-state index contributed by atoms with van der Waals surface area (Å²) in [5.74, 6) is -0.486. The van der Waals surface area contributed by atoms with Crippen LogP contribution in [-0.2, 0) is 25.5 Å². The molecule has 0 radical (unpaired) electrons. The number of nitrogens with zero attached hydrogens (tertiary/aromatic N) is 2. The second kappa shape index (κ2) is 10.1. The number of ketones is 2. The molecule has 8 heteroatoms. The van der Waals surface area contributed by atoms with E-state index in [4.69, 9.17) is 4.74 Å². The number of carbonyl (C=O) groups excluding carboxylic acids is 3. The molecule has 4 aliphatic carbocycles. The van der Waals surface area contributed by atoms with Crippen LogP contribution in [0.3, 0.4) is 0 Å². The number of Topliss-reactive ketones (excluding diaryl/α,β-unsaturated/α-hetero) is 1. The van der Waals surface area contributed by atoms with E-state index in [1.807, 2.05) is 31.2 Å². The zero-order valence-electron chi connectivity index (χ0n) is 23.5. The van der Waals surface area contributed by atoms with Gasteiger partial charge >= 0.3 is 5.97 Å². The molecule has 7 atom stereocenters. The monoisotopic (exact) mass is 556 g/mol. The molecule has 214 valence electrons. The lowest BCUT2D eigenvalue weighted by Gasteiger charge is -2.59. The molecule has 3 saturated carbocycles. The molecule has 41 heavy (non-hydrogen) atoms. The van der Waals surface area contributed by atoms with E-state index in [1.54, 1.807) is 36.7 Å². The normalized spacial score (nSPS) is 35.6. The number of allylic oxidation sites excluding steroid dienone is 4. The van der Waals surface area contributed by atoms with Gasteiger partial charge in [-0.1, -0.05) is 43.7 Å². The fourth-order valence-corrected chi connectivity index (χ4v) is 8.54. The van der Waals surface area contributed by atoms with E-state index in [2.05, 4.69) is 16.9 Å². The number of hydrogen-bond donors (Lipinski definition) is 2. The first-order valence-electron chi connectivity index (χ1n) is 14.5. The molecule has 0 spiro atoms. The van der Waals surface area contributed by atoms with Gasteiger partial charge in [0.15, 0.2) is 18.2 Å². The van der Waals surface area contributed by atoms with Crippen molar-refractivity contribution in [2.45, 2.75) is 64.1 Å². The Morgan fingerprint density at radius 3 is 2.68 bits per heavy atom. The maximum absolute atomic E-state index is 13.5. The van der Waals surface area contributed by atoms with Crippen molar-refractivity contribution in [2.24, 2.45) is 28.6 Å². The maximum Gasteiger partial charge on any atom is 0.310 e. The number of aliphatic hydroxyl groups excluding tert-OH is 1. The molecule has 0 amide bonds. The highest BCUT2D eigenvalue weighted by Gasteiger charge is 2.68. The molecular weight excluding hydrogens is 520 g/mol. The minimum absolute atomic E-state index is 0.0145. The van der Waals surface area contributed by atoms with E-state index in [1.165, 1.54) is 0 Å². The number of carbonyl (C=O) groups is 3. The van der Waals surface area contributed by atoms with E-state index >= 15 is 0 Å². The van der Waals surface area contributed by atoms with Crippen LogP contribution in [0.5, 0.6) is 0 Å². The Bertz CT molecular complexity index is 1450. The van der Waals surface area contributed by atoms with Crippen LogP contribution in [0.25, 0.3) is 11.4 Å². The van der Waals surface area contributed by atoms with Crippen molar-refractivity contribution < 1.29 is 29.3 Å². The second-order valence-corrected chi connectivity index (χ2v) is 12.6. The fraction of sp³-hybridized carbons (Fsp3) is 0.485. The number of aliphatic hydroxyl groups is 2. The number of rotatable bonds is 6. The Kier molecular flexibility index (Phi) is 6.82. The number of esters is 1. The predicted molar refractivity (Wildman–Crippen MR) is 150 cm³/mol. The number of hydrogen-bond acceptors (Lipinski definition) is 8. The standard InChI is InChI=1S/C33H36N2O6/c1-31-11-9-23(36)17-22(31)7-8-24-25-10-12-33(40,32(25,2)18-26(37)29(24)31)27(38)19-41-28(39)16-20-5-3-6-21(15-20)30-34-13-4-14-35-30/h3-6,9,11,13-15,17,24-26,29,37,40H,7-8,10,12,16,18-19H2,1-2H3/t24?,25?,26-,29?,31?,32?,33-/m0/s1. The summed E-state index contributed by atoms with van der Waals surface area (Å²) in [5.41, 5.74) is -0.404. The average Bonchev–Trinajstić information content (AvgIpc) is 3.23. The van der Waals surface area contributed by atoms with Gasteiger partial charge in [-0.05, 0) is 73.8 Å². The number of aromatic nitrogens is 2. The van der Waals surface area contributed by atoms with Crippen molar-refractivity contribution in [2.75, 3.05) is 6.61 Å². The molecule has 4 aliphatic rings. The number of benzene rings is 1. The van der Waals surface area contributed by atoms with Gasteiger partial charge in [-0.3, -0.25) is 14.4 Å². The van der Waals surface area contributed by atoms with Crippen LogP contribution < -0.4 is 0 Å². The molecule has 0 saturated heterocycles. The van der Waals surface area contributed by atoms with Crippen molar-refractivity contribution in [3.8, 4) is 11.4 Å². The van der Waals surface area contributed by atoms with Gasteiger partial charge < -0.3 is 14.9 Å². The Labute approximate surface area is 239 Å². The smallest absolute Gasteiger partial charge is 0.310 e. The highest BCUT2D eigenvalue weighted by atomic mass is 16.5. The summed E-state index contributed by atoms with van der Waals surface area (Å²) >= 11 is 0. The molecule has 1 aromatic carbocycles. The fourth-order valence-electron chi connectivity index (χ4n) is 8.54. The van der Waals surface area contributed by atoms with E-state index in [0.717, 1.165) is 24.0 Å². The summed E-state index contributed by atoms with van der Waals surface area (Å²) in [6.45, 7) is 3.49. The van der Waals surface area contributed by atoms with Crippen LogP contribution in [0, 0.1) is 28.6 Å². The topological polar surface area (TPSA) is 127 Å². The molecule has 2 N–H and O–H groups in total. The Morgan fingerprint density at radius 1 is 1.12 bits per heavy atom. The summed E-state index contributed by atoms with van der Waals surface area (Å²) in [5, 5.41) is 23.4. The van der Waals surface area contributed by atoms with Gasteiger partial charge in [0.1, 0.15) is 5.60 Å². The third-order valence-corrected chi connectivity index (χ3v) is 10.6. The summed E-state index contributed by atoms with van der Waals surface area (Å²) in [6, 6.07) is 9.02. The van der Waals surface area contributed by atoms with Gasteiger partial charge in [0.25, 0.3) is 0 Å². The van der Waals surface area contributed by atoms with Gasteiger partial charge in [-0.15, -0.1) is 0 Å². The molecule has 5 unspecified atom stereocenters. The van der Waals surface area contributed by atoms with Gasteiger partial charge in [-0.25, -0.2) is 9.97 Å². The zero-order valence-corrected chi connectivity index (χ0v) is 23.5. The lowest BCUT2D eigenvalue weighted by atomic mass is 9.46. The summed E-state index contributed by atoms with van der Waals surface area (Å²) in [4.78, 5) is 46.8. The zero-order chi connectivity index (χ0) is 29.0. The molecule has 0 bridgehead atoms. The van der Waals surface area contributed by atoms with Crippen LogP contribution in [0.2, 0.25) is 0 Å². The summed E-state index contributed by atoms with van der Waals surface area (Å²) in [6.07, 6.45) is 10.6. The van der Waals surface area contributed by atoms with E-state index in [0.29, 0.717) is 17.8 Å². The van der Waals surface area contributed by atoms with Crippen LogP contribution in [0.1, 0.15) is 51.5 Å². The van der Waals surface area contributed by atoms with E-state index in [-0.39, 0.29) is 42.8 Å². The summed E-state index contributed by atoms with van der Waals surface area (Å²) in [7, 11) is 0. The Hall–Kier alpha value is -3.49. The van der Waals surface area contributed by atoms with Gasteiger partial charge in [-0.2, -0.15) is 0 Å². The van der Waals surface area contributed by atoms with Crippen LogP contribution in [0.4, 0.5) is 0 Å². The maximum atomic E-state index is 13.5. The summed E-state index contributed by atoms with van der Waals surface area (Å²) < 4.78 is 5.40. The first-order valence-corrected chi connectivity index (χ1v) is 14.5. The number of ether oxygens (including phenoxy) is 1. The van der Waals surface area contributed by atoms with Gasteiger partial charge in [0.05, 0.1) is 12.5 Å². The van der Waals surface area contributed by atoms with Crippen molar-refractivity contribution in [3.63, 3.8) is 0 Å². The van der Waals surface area contributed by atoms with E-state index in [9.17, 15) is 24.6 Å². The molecule has 1 aromatic heterocycles. The van der Waals surface area contributed by atoms with Crippen LogP contribution >= 0.6 is 0 Å². The van der Waals surface area contributed by atoms with Crippen LogP contribution in [0.15, 0.2) is 66.5 Å². The molecule has 8 nitrogen and oxygen atoms in total. The predicted octanol–water partition coefficient (Wildman–Crippen LogP) is 3.81. The molecule has 0 aliphatic heterocycles. The van der Waals surface area contributed by atoms with Gasteiger partial charge in [0, 0.05) is 34.7 Å². The molecular formula is C33H36N2O6. The Balaban J connectivity index is 1.14. The lowest BCUT2D eigenvalue weighted by molar-refractivity contribution is -0.181. The second-order valence-electron chi connectivity index (χ2n) is 12.6. The minimum Gasteiger partial charge on any atom is -0.457 e. The SMILES string of the molecule is CC12C=CC(=O)C=C1CCC1C2[C@@H](O)CC2(C)C1CC[C@]2(O)C(=O)COC(=O)Cc1cccc(-c2ncccn2)c1. The Morgan fingerprint density at radius 2 is 1.90 bits per heavy atom.